The number of allylic oxidation sites excluding steroid dienone is 1. The molecule has 0 bridgehead atoms. The summed E-state index contributed by atoms with van der Waals surface area (Å²) in [5.74, 6) is 0.864. The van der Waals surface area contributed by atoms with Crippen molar-refractivity contribution in [2.24, 2.45) is 5.10 Å². The molecule has 0 aromatic heterocycles. The number of rotatable bonds is 6. The van der Waals surface area contributed by atoms with Crippen LogP contribution >= 0.6 is 11.6 Å². The highest BCUT2D eigenvalue weighted by atomic mass is 35.5. The van der Waals surface area contributed by atoms with Crippen LogP contribution in [0.1, 0.15) is 51.3 Å². The minimum atomic E-state index is -0.978. The van der Waals surface area contributed by atoms with Gasteiger partial charge in [0.2, 0.25) is 0 Å². The zero-order chi connectivity index (χ0) is 21.2. The highest BCUT2D eigenvalue weighted by Gasteiger charge is 2.32. The van der Waals surface area contributed by atoms with Crippen molar-refractivity contribution in [1.29, 1.82) is 0 Å². The molecule has 1 aliphatic rings. The van der Waals surface area contributed by atoms with Gasteiger partial charge in [0.25, 0.3) is 0 Å². The number of phenolic OH excluding ortho intramolecular Hbond substituents is 1. The van der Waals surface area contributed by atoms with E-state index >= 15 is 0 Å². The van der Waals surface area contributed by atoms with Gasteiger partial charge in [-0.05, 0) is 63.6 Å². The summed E-state index contributed by atoms with van der Waals surface area (Å²) in [7, 11) is 0. The van der Waals surface area contributed by atoms with Gasteiger partial charge in [-0.15, -0.1) is 0 Å². The molecule has 5 nitrogen and oxygen atoms in total. The number of ether oxygens (including phenoxy) is 1. The first-order valence-electron chi connectivity index (χ1n) is 9.68. The minimum absolute atomic E-state index is 0.185. The first-order valence-corrected chi connectivity index (χ1v) is 10.1. The van der Waals surface area contributed by atoms with E-state index in [-0.39, 0.29) is 11.8 Å². The monoisotopic (exact) mass is 414 g/mol. The average Bonchev–Trinajstić information content (AvgIpc) is 3.08. The standard InChI is InChI=1S/C23H27ClN2O3/c1-5-29-22-11-10-16(12-18(22)24)19-13-20(17-8-6-7-9-21(17)27)26(25-19)15(2)14-23(3,4)28/h6-12,14,20,27-28H,5,13H2,1-4H3/b15-14+. The summed E-state index contributed by atoms with van der Waals surface area (Å²) in [6.07, 6.45) is 2.36. The number of hydrazone groups is 1. The van der Waals surface area contributed by atoms with Crippen molar-refractivity contribution in [3.63, 3.8) is 0 Å². The Morgan fingerprint density at radius 1 is 1.31 bits per heavy atom. The molecule has 0 radical (unpaired) electrons. The van der Waals surface area contributed by atoms with E-state index in [4.69, 9.17) is 21.4 Å². The summed E-state index contributed by atoms with van der Waals surface area (Å²) in [6.45, 7) is 7.81. The molecule has 29 heavy (non-hydrogen) atoms. The molecule has 6 heteroatoms. The maximum Gasteiger partial charge on any atom is 0.137 e. The molecule has 0 aliphatic carbocycles. The van der Waals surface area contributed by atoms with Crippen LogP contribution in [-0.2, 0) is 0 Å². The van der Waals surface area contributed by atoms with Crippen LogP contribution in [0.3, 0.4) is 0 Å². The number of benzene rings is 2. The maximum atomic E-state index is 10.4. The van der Waals surface area contributed by atoms with Gasteiger partial charge in [-0.3, -0.25) is 5.01 Å². The van der Waals surface area contributed by atoms with Crippen molar-refractivity contribution in [2.45, 2.75) is 45.8 Å². The molecule has 1 heterocycles. The largest absolute Gasteiger partial charge is 0.508 e. The lowest BCUT2D eigenvalue weighted by Crippen LogP contribution is -2.22. The fourth-order valence-corrected chi connectivity index (χ4v) is 3.79. The number of hydrogen-bond donors (Lipinski definition) is 2. The molecule has 2 N–H and O–H groups in total. The molecular weight excluding hydrogens is 388 g/mol. The average molecular weight is 415 g/mol. The highest BCUT2D eigenvalue weighted by molar-refractivity contribution is 6.32. The van der Waals surface area contributed by atoms with Crippen molar-refractivity contribution < 1.29 is 14.9 Å². The van der Waals surface area contributed by atoms with E-state index in [0.717, 1.165) is 22.5 Å². The Balaban J connectivity index is 2.01. The van der Waals surface area contributed by atoms with Gasteiger partial charge in [0.05, 0.1) is 29.0 Å². The zero-order valence-electron chi connectivity index (χ0n) is 17.2. The second-order valence-electron chi connectivity index (χ2n) is 7.69. The van der Waals surface area contributed by atoms with Crippen molar-refractivity contribution in [1.82, 2.24) is 5.01 Å². The van der Waals surface area contributed by atoms with Crippen LogP contribution in [-0.4, -0.2) is 33.1 Å². The third-order valence-corrected chi connectivity index (χ3v) is 4.99. The van der Waals surface area contributed by atoms with Crippen LogP contribution < -0.4 is 4.74 Å². The van der Waals surface area contributed by atoms with Gasteiger partial charge in [0.1, 0.15) is 11.5 Å². The van der Waals surface area contributed by atoms with Crippen molar-refractivity contribution in [2.75, 3.05) is 6.61 Å². The summed E-state index contributed by atoms with van der Waals surface area (Å²) >= 11 is 6.37. The molecule has 154 valence electrons. The van der Waals surface area contributed by atoms with Crippen LogP contribution in [0.4, 0.5) is 0 Å². The van der Waals surface area contributed by atoms with Crippen LogP contribution in [0.2, 0.25) is 5.02 Å². The highest BCUT2D eigenvalue weighted by Crippen LogP contribution is 2.40. The number of hydrogen-bond acceptors (Lipinski definition) is 5. The molecule has 3 rings (SSSR count). The Morgan fingerprint density at radius 2 is 2.03 bits per heavy atom. The second kappa shape index (κ2) is 8.47. The Kier molecular flexibility index (Phi) is 6.20. The number of nitrogens with zero attached hydrogens (tertiary/aromatic N) is 2. The number of aromatic hydroxyl groups is 1. The van der Waals surface area contributed by atoms with Gasteiger partial charge in [-0.1, -0.05) is 29.8 Å². The quantitative estimate of drug-likeness (QED) is 0.675. The molecule has 0 fully saturated rings. The molecule has 0 spiro atoms. The molecule has 1 unspecified atom stereocenters. The second-order valence-corrected chi connectivity index (χ2v) is 8.09. The first kappa shape index (κ1) is 21.2. The number of para-hydroxylation sites is 1. The van der Waals surface area contributed by atoms with E-state index in [1.165, 1.54) is 0 Å². The normalized spacial score (nSPS) is 17.4. The minimum Gasteiger partial charge on any atom is -0.508 e. The van der Waals surface area contributed by atoms with E-state index in [2.05, 4.69) is 0 Å². The zero-order valence-corrected chi connectivity index (χ0v) is 17.9. The third-order valence-electron chi connectivity index (χ3n) is 4.69. The summed E-state index contributed by atoms with van der Waals surface area (Å²) in [6, 6.07) is 12.7. The molecule has 0 saturated carbocycles. The molecule has 1 aliphatic heterocycles. The van der Waals surface area contributed by atoms with E-state index < -0.39 is 5.60 Å². The van der Waals surface area contributed by atoms with Crippen molar-refractivity contribution in [3.8, 4) is 11.5 Å². The Hall–Kier alpha value is -2.50. The van der Waals surface area contributed by atoms with Crippen molar-refractivity contribution >= 4 is 17.3 Å². The van der Waals surface area contributed by atoms with Crippen LogP contribution in [0.15, 0.2) is 59.3 Å². The molecule has 2 aromatic carbocycles. The summed E-state index contributed by atoms with van der Waals surface area (Å²) in [5, 5.41) is 27.9. The maximum absolute atomic E-state index is 10.4. The van der Waals surface area contributed by atoms with Crippen molar-refractivity contribution in [3.05, 3.63) is 70.4 Å². The lowest BCUT2D eigenvalue weighted by Gasteiger charge is -2.26. The Bertz CT molecular complexity index is 947. The SMILES string of the molecule is CCOc1ccc(C2=NN(/C(C)=C/C(C)(C)O)C(c3ccccc3O)C2)cc1Cl. The van der Waals surface area contributed by atoms with Crippen LogP contribution in [0.5, 0.6) is 11.5 Å². The van der Waals surface area contributed by atoms with E-state index in [1.807, 2.05) is 49.2 Å². The predicted molar refractivity (Wildman–Crippen MR) is 117 cm³/mol. The summed E-state index contributed by atoms with van der Waals surface area (Å²) < 4.78 is 5.52. The molecule has 0 amide bonds. The molecule has 0 saturated heterocycles. The summed E-state index contributed by atoms with van der Waals surface area (Å²) in [5.41, 5.74) is 2.36. The van der Waals surface area contributed by atoms with E-state index in [9.17, 15) is 10.2 Å². The van der Waals surface area contributed by atoms with Crippen LogP contribution in [0.25, 0.3) is 0 Å². The molecule has 2 aromatic rings. The fourth-order valence-electron chi connectivity index (χ4n) is 3.55. The van der Waals surface area contributed by atoms with Gasteiger partial charge < -0.3 is 14.9 Å². The number of halogens is 1. The summed E-state index contributed by atoms with van der Waals surface area (Å²) in [4.78, 5) is 0. The lowest BCUT2D eigenvalue weighted by atomic mass is 9.97. The fraction of sp³-hybridized carbons (Fsp3) is 0.348. The predicted octanol–water partition coefficient (Wildman–Crippen LogP) is 5.27. The Morgan fingerprint density at radius 3 is 2.66 bits per heavy atom. The number of aliphatic hydroxyl groups is 1. The van der Waals surface area contributed by atoms with Gasteiger partial charge in [0.15, 0.2) is 0 Å². The van der Waals surface area contributed by atoms with Crippen LogP contribution in [0, 0.1) is 0 Å². The van der Waals surface area contributed by atoms with Gasteiger partial charge in [-0.2, -0.15) is 5.10 Å². The third kappa shape index (κ3) is 4.92. The topological polar surface area (TPSA) is 65.3 Å². The van der Waals surface area contributed by atoms with Gasteiger partial charge in [-0.25, -0.2) is 0 Å². The Labute approximate surface area is 176 Å². The number of phenols is 1. The van der Waals surface area contributed by atoms with Gasteiger partial charge >= 0.3 is 0 Å². The van der Waals surface area contributed by atoms with Gasteiger partial charge in [0, 0.05) is 17.7 Å². The van der Waals surface area contributed by atoms with E-state index in [1.54, 1.807) is 32.1 Å². The van der Waals surface area contributed by atoms with E-state index in [0.29, 0.717) is 23.8 Å². The molecule has 1 atom stereocenters. The smallest absolute Gasteiger partial charge is 0.137 e. The molecular formula is C23H27ClN2O3. The lowest BCUT2D eigenvalue weighted by molar-refractivity contribution is 0.128. The first-order chi connectivity index (χ1) is 13.7.